The van der Waals surface area contributed by atoms with Gasteiger partial charge in [-0.2, -0.15) is 0 Å². The van der Waals surface area contributed by atoms with Crippen molar-refractivity contribution < 1.29 is 9.53 Å². The van der Waals surface area contributed by atoms with Crippen molar-refractivity contribution in [2.75, 3.05) is 7.05 Å². The number of amides is 1. The first-order valence-corrected chi connectivity index (χ1v) is 9.11. The third-order valence-electron chi connectivity index (χ3n) is 4.54. The molecular weight excluding hydrogens is 350 g/mol. The molecule has 28 heavy (non-hydrogen) atoms. The molecule has 4 aromatic rings. The number of hydrogen-bond donors (Lipinski definition) is 0. The smallest absolute Gasteiger partial charge is 0.410 e. The van der Waals surface area contributed by atoms with E-state index in [0.29, 0.717) is 12.3 Å². The Morgan fingerprint density at radius 2 is 1.75 bits per heavy atom. The quantitative estimate of drug-likeness (QED) is 0.510. The van der Waals surface area contributed by atoms with Gasteiger partial charge in [0.2, 0.25) is 0 Å². The number of aromatic nitrogens is 2. The molecule has 2 heterocycles. The molecule has 0 N–H and O–H groups in total. The van der Waals surface area contributed by atoms with Crippen molar-refractivity contribution in [1.82, 2.24) is 14.3 Å². The molecule has 0 radical (unpaired) electrons. The summed E-state index contributed by atoms with van der Waals surface area (Å²) in [6.07, 6.45) is 3.61. The molecule has 0 bridgehead atoms. The van der Waals surface area contributed by atoms with Crippen LogP contribution in [0.4, 0.5) is 4.79 Å². The summed E-state index contributed by atoms with van der Waals surface area (Å²) in [4.78, 5) is 18.5. The minimum Gasteiger partial charge on any atom is -0.410 e. The normalized spacial score (nSPS) is 10.8. The summed E-state index contributed by atoms with van der Waals surface area (Å²) in [5.74, 6) is 0.534. The van der Waals surface area contributed by atoms with Gasteiger partial charge in [-0.3, -0.25) is 0 Å². The Kier molecular flexibility index (Phi) is 4.81. The molecule has 1 amide bonds. The van der Waals surface area contributed by atoms with Crippen molar-refractivity contribution in [3.63, 3.8) is 0 Å². The van der Waals surface area contributed by atoms with Crippen molar-refractivity contribution in [3.05, 3.63) is 90.3 Å². The van der Waals surface area contributed by atoms with Crippen molar-refractivity contribution in [2.24, 2.45) is 0 Å². The Morgan fingerprint density at radius 3 is 2.50 bits per heavy atom. The zero-order valence-electron chi connectivity index (χ0n) is 15.9. The lowest BCUT2D eigenvalue weighted by Gasteiger charge is -2.17. The zero-order chi connectivity index (χ0) is 19.5. The van der Waals surface area contributed by atoms with E-state index in [1.807, 2.05) is 47.1 Å². The Bertz CT molecular complexity index is 1100. The van der Waals surface area contributed by atoms with E-state index in [1.165, 1.54) is 5.56 Å². The minimum absolute atomic E-state index is 0.391. The molecule has 0 aliphatic rings. The van der Waals surface area contributed by atoms with Gasteiger partial charge in [-0.25, -0.2) is 9.78 Å². The van der Waals surface area contributed by atoms with Crippen LogP contribution in [-0.4, -0.2) is 27.4 Å². The molecule has 0 saturated carbocycles. The van der Waals surface area contributed by atoms with E-state index >= 15 is 0 Å². The van der Waals surface area contributed by atoms with Gasteiger partial charge in [0, 0.05) is 25.0 Å². The molecular formula is C23H21N3O2. The Hall–Kier alpha value is -3.60. The summed E-state index contributed by atoms with van der Waals surface area (Å²) in [5.41, 5.74) is 5.09. The van der Waals surface area contributed by atoms with Crippen LogP contribution in [0, 0.1) is 6.92 Å². The van der Waals surface area contributed by atoms with Crippen molar-refractivity contribution in [3.8, 4) is 17.0 Å². The average Bonchev–Trinajstić information content (AvgIpc) is 3.12. The summed E-state index contributed by atoms with van der Waals surface area (Å²) in [6, 6.07) is 21.3. The molecule has 0 atom stereocenters. The molecule has 4 rings (SSSR count). The van der Waals surface area contributed by atoms with Gasteiger partial charge in [-0.1, -0.05) is 54.1 Å². The number of nitrogens with zero attached hydrogens (tertiary/aromatic N) is 3. The first-order chi connectivity index (χ1) is 13.6. The van der Waals surface area contributed by atoms with Crippen molar-refractivity contribution in [2.45, 2.75) is 13.5 Å². The maximum Gasteiger partial charge on any atom is 0.415 e. The fraction of sp³-hybridized carbons (Fsp3) is 0.130. The fourth-order valence-electron chi connectivity index (χ4n) is 3.00. The second kappa shape index (κ2) is 7.56. The van der Waals surface area contributed by atoms with Gasteiger partial charge in [-0.15, -0.1) is 0 Å². The third-order valence-corrected chi connectivity index (χ3v) is 4.54. The average molecular weight is 371 g/mol. The molecule has 0 saturated heterocycles. The number of ether oxygens (including phenoxy) is 1. The van der Waals surface area contributed by atoms with E-state index in [4.69, 9.17) is 4.74 Å². The number of rotatable bonds is 4. The number of aryl methyl sites for hydroxylation is 1. The molecule has 0 aliphatic heterocycles. The number of fused-ring (bicyclic) bond motifs is 1. The van der Waals surface area contributed by atoms with Crippen LogP contribution in [0.1, 0.15) is 11.1 Å². The zero-order valence-corrected chi connectivity index (χ0v) is 15.9. The van der Waals surface area contributed by atoms with Gasteiger partial charge in [0.05, 0.1) is 12.2 Å². The highest BCUT2D eigenvalue weighted by atomic mass is 16.6. The number of carbonyl (C=O) groups is 1. The first-order valence-electron chi connectivity index (χ1n) is 9.11. The van der Waals surface area contributed by atoms with Crippen LogP contribution in [0.15, 0.2) is 79.1 Å². The topological polar surface area (TPSA) is 46.8 Å². The molecule has 2 aromatic carbocycles. The van der Waals surface area contributed by atoms with E-state index < -0.39 is 6.09 Å². The Balaban J connectivity index is 1.49. The fourth-order valence-corrected chi connectivity index (χ4v) is 3.00. The Morgan fingerprint density at radius 1 is 1.00 bits per heavy atom. The SMILES string of the molecule is Cc1ccc(-c2cn3cc(CN(C)C(=O)Oc4ccccc4)ccc3n2)cc1. The highest BCUT2D eigenvalue weighted by Crippen LogP contribution is 2.20. The molecule has 0 aliphatic carbocycles. The van der Waals surface area contributed by atoms with Gasteiger partial charge >= 0.3 is 6.09 Å². The largest absolute Gasteiger partial charge is 0.415 e. The maximum absolute atomic E-state index is 12.3. The number of carbonyl (C=O) groups excluding carboxylic acids is 1. The second-order valence-electron chi connectivity index (χ2n) is 6.83. The van der Waals surface area contributed by atoms with Crippen LogP contribution in [0.2, 0.25) is 0 Å². The molecule has 5 nitrogen and oxygen atoms in total. The Labute approximate surface area is 163 Å². The van der Waals surface area contributed by atoms with E-state index in [-0.39, 0.29) is 0 Å². The van der Waals surface area contributed by atoms with Gasteiger partial charge in [-0.05, 0) is 30.7 Å². The summed E-state index contributed by atoms with van der Waals surface area (Å²) in [5, 5.41) is 0. The first kappa shape index (κ1) is 17.8. The lowest BCUT2D eigenvalue weighted by Crippen LogP contribution is -2.29. The molecule has 0 spiro atoms. The summed E-state index contributed by atoms with van der Waals surface area (Å²) in [6.45, 7) is 2.51. The van der Waals surface area contributed by atoms with Crippen LogP contribution in [0.3, 0.4) is 0 Å². The van der Waals surface area contributed by atoms with E-state index in [2.05, 4.69) is 36.2 Å². The van der Waals surface area contributed by atoms with Crippen molar-refractivity contribution >= 4 is 11.7 Å². The van der Waals surface area contributed by atoms with E-state index in [0.717, 1.165) is 22.5 Å². The van der Waals surface area contributed by atoms with Crippen LogP contribution in [0.5, 0.6) is 5.75 Å². The van der Waals surface area contributed by atoms with Crippen LogP contribution in [0.25, 0.3) is 16.9 Å². The summed E-state index contributed by atoms with van der Waals surface area (Å²) in [7, 11) is 1.72. The van der Waals surface area contributed by atoms with E-state index in [9.17, 15) is 4.79 Å². The van der Waals surface area contributed by atoms with Crippen molar-refractivity contribution in [1.29, 1.82) is 0 Å². The molecule has 140 valence electrons. The number of para-hydroxylation sites is 1. The second-order valence-corrected chi connectivity index (χ2v) is 6.83. The summed E-state index contributed by atoms with van der Waals surface area (Å²) < 4.78 is 7.36. The van der Waals surface area contributed by atoms with Gasteiger partial charge < -0.3 is 14.0 Å². The summed E-state index contributed by atoms with van der Waals surface area (Å²) >= 11 is 0. The third kappa shape index (κ3) is 3.88. The lowest BCUT2D eigenvalue weighted by molar-refractivity contribution is 0.160. The van der Waals surface area contributed by atoms with Gasteiger partial charge in [0.15, 0.2) is 0 Å². The predicted molar refractivity (Wildman–Crippen MR) is 109 cm³/mol. The van der Waals surface area contributed by atoms with Gasteiger partial charge in [0.1, 0.15) is 11.4 Å². The highest BCUT2D eigenvalue weighted by molar-refractivity contribution is 5.70. The number of hydrogen-bond acceptors (Lipinski definition) is 3. The molecule has 0 unspecified atom stereocenters. The van der Waals surface area contributed by atoms with Crippen LogP contribution >= 0.6 is 0 Å². The van der Waals surface area contributed by atoms with Crippen LogP contribution < -0.4 is 4.74 Å². The minimum atomic E-state index is -0.391. The standard InChI is InChI=1S/C23H21N3O2/c1-17-8-11-19(12-9-17)21-16-26-15-18(10-13-22(26)24-21)14-25(2)23(27)28-20-6-4-3-5-7-20/h3-13,15-16H,14H2,1-2H3. The predicted octanol–water partition coefficient (Wildman–Crippen LogP) is 4.94. The monoisotopic (exact) mass is 371 g/mol. The van der Waals surface area contributed by atoms with Crippen LogP contribution in [-0.2, 0) is 6.54 Å². The maximum atomic E-state index is 12.3. The number of imidazole rings is 1. The number of pyridine rings is 1. The molecule has 5 heteroatoms. The lowest BCUT2D eigenvalue weighted by atomic mass is 10.1. The molecule has 2 aromatic heterocycles. The highest BCUT2D eigenvalue weighted by Gasteiger charge is 2.12. The van der Waals surface area contributed by atoms with E-state index in [1.54, 1.807) is 24.1 Å². The van der Waals surface area contributed by atoms with Gasteiger partial charge in [0.25, 0.3) is 0 Å². The molecule has 0 fully saturated rings. The number of benzene rings is 2.